The Morgan fingerprint density at radius 3 is 2.09 bits per heavy atom. The fraction of sp³-hybridized carbons (Fsp3) is 0.429. The van der Waals surface area contributed by atoms with E-state index in [0.717, 1.165) is 38.2 Å². The van der Waals surface area contributed by atoms with Crippen molar-refractivity contribution in [2.45, 2.75) is 97.4 Å². The molecule has 9 rings (SSSR count). The number of thiophene rings is 1. The summed E-state index contributed by atoms with van der Waals surface area (Å²) in [7, 11) is 2.48. The molecule has 0 radical (unpaired) electrons. The van der Waals surface area contributed by atoms with Crippen LogP contribution >= 0.6 is 11.3 Å². The van der Waals surface area contributed by atoms with Crippen molar-refractivity contribution in [1.29, 1.82) is 0 Å². The number of carbonyl (C=O) groups is 4. The van der Waals surface area contributed by atoms with Crippen LogP contribution < -0.4 is 15.4 Å². The zero-order valence-corrected chi connectivity index (χ0v) is 39.9. The predicted octanol–water partition coefficient (Wildman–Crippen LogP) is 8.88. The third-order valence-corrected chi connectivity index (χ3v) is 14.5. The first-order valence-corrected chi connectivity index (χ1v) is 23.6. The Kier molecular flexibility index (Phi) is 12.5. The summed E-state index contributed by atoms with van der Waals surface area (Å²) in [6.45, 7) is 11.8. The van der Waals surface area contributed by atoms with Crippen molar-refractivity contribution in [2.24, 2.45) is 11.8 Å². The fourth-order valence-corrected chi connectivity index (χ4v) is 10.7. The number of hydrogen-bond acceptors (Lipinski definition) is 10. The number of rotatable bonds is 11. The highest BCUT2D eigenvalue weighted by Crippen LogP contribution is 2.49. The van der Waals surface area contributed by atoms with E-state index in [9.17, 15) is 19.2 Å². The van der Waals surface area contributed by atoms with Gasteiger partial charge in [-0.25, -0.2) is 28.3 Å². The minimum Gasteiger partial charge on any atom is -0.464 e. The van der Waals surface area contributed by atoms with Gasteiger partial charge in [0.15, 0.2) is 0 Å². The number of nitrogens with zero attached hydrogens (tertiary/aromatic N) is 5. The Balaban J connectivity index is 1.03. The van der Waals surface area contributed by atoms with E-state index in [1.54, 1.807) is 42.5 Å². The largest absolute Gasteiger partial charge is 0.464 e. The Bertz CT molecular complexity index is 2900. The monoisotopic (exact) mass is 951 g/mol. The van der Waals surface area contributed by atoms with Crippen LogP contribution in [0.15, 0.2) is 54.9 Å². The SMILES string of the molecule is COC(=O)N[C@H](C(=O)N1CCC[C@H]1c1ncc(-c2cc(F)c3c(c2)OC(c2cc(C)c(C)s2)n2c-3cc3cc(-c4cnc([C@@H]5C[C@@H](F)CN5C(=O)[C@@H](NC(=O)OC)C(C)C)[nH]4)ccc32)[nH]1)C(C)C. The first-order valence-electron chi connectivity index (χ1n) is 22.8. The standard InChI is InChI=1S/C49H55F2N9O7S/c1-23(2)41(56-48(63)65-7)45(61)58-13-9-10-35(58)43-52-21-33(55-43)28-16-31(51)40-36-17-29-15-27(11-12-34(29)60(36)47(67-38(40)18-28)39-14-25(5)26(6)68-39)32-20-53-44(54-32)37-19-30(50)22-59(37)46(62)42(24(3)4)57-49(64)66-8/h11-12,14-18,20-21,23-24,30,35,37,41-42,47H,9-10,13,19,22H2,1-8H3,(H,52,55)(H,53,54)(H,56,63)(H,57,64)/t30-,35+,37+,41+,42+,47?/m1/s1. The van der Waals surface area contributed by atoms with E-state index in [2.05, 4.69) is 43.6 Å². The fourth-order valence-electron chi connectivity index (χ4n) is 9.67. The molecular weight excluding hydrogens is 897 g/mol. The number of alkyl halides is 1. The van der Waals surface area contributed by atoms with E-state index in [1.165, 1.54) is 25.2 Å². The molecule has 2 aromatic carbocycles. The maximum absolute atomic E-state index is 16.9. The molecule has 0 aliphatic carbocycles. The average Bonchev–Trinajstić information content (AvgIpc) is 4.18. The second-order valence-corrected chi connectivity index (χ2v) is 19.8. The molecule has 6 aromatic rings. The molecule has 6 atom stereocenters. The van der Waals surface area contributed by atoms with Crippen molar-refractivity contribution in [2.75, 3.05) is 27.3 Å². The maximum Gasteiger partial charge on any atom is 0.407 e. The molecule has 2 saturated heterocycles. The number of imidazole rings is 2. The van der Waals surface area contributed by atoms with Crippen LogP contribution in [0.5, 0.6) is 5.75 Å². The van der Waals surface area contributed by atoms with Crippen LogP contribution in [-0.4, -0.2) is 104 Å². The van der Waals surface area contributed by atoms with E-state index in [4.69, 9.17) is 14.2 Å². The Morgan fingerprint density at radius 2 is 1.47 bits per heavy atom. The topological polar surface area (TPSA) is 189 Å². The molecule has 358 valence electrons. The van der Waals surface area contributed by atoms with Crippen molar-refractivity contribution in [3.8, 4) is 39.5 Å². The molecule has 7 heterocycles. The molecule has 16 nitrogen and oxygen atoms in total. The minimum atomic E-state index is -1.28. The van der Waals surface area contributed by atoms with Gasteiger partial charge < -0.3 is 44.6 Å². The van der Waals surface area contributed by atoms with Crippen LogP contribution in [0.3, 0.4) is 0 Å². The smallest absolute Gasteiger partial charge is 0.407 e. The van der Waals surface area contributed by atoms with Crippen molar-refractivity contribution in [3.63, 3.8) is 0 Å². The van der Waals surface area contributed by atoms with Gasteiger partial charge in [0.05, 0.1) is 78.3 Å². The average molecular weight is 952 g/mol. The second-order valence-electron chi connectivity index (χ2n) is 18.5. The summed E-state index contributed by atoms with van der Waals surface area (Å²) in [5.41, 5.74) is 5.33. The number of methoxy groups -OCH3 is 2. The van der Waals surface area contributed by atoms with Crippen LogP contribution in [-0.2, 0) is 19.1 Å². The number of alkyl carbamates (subject to hydrolysis) is 2. The van der Waals surface area contributed by atoms with Crippen molar-refractivity contribution in [1.82, 2.24) is 44.9 Å². The molecule has 4 aromatic heterocycles. The van der Waals surface area contributed by atoms with Crippen LogP contribution in [0.4, 0.5) is 18.4 Å². The van der Waals surface area contributed by atoms with Gasteiger partial charge in [-0.05, 0) is 80.5 Å². The van der Waals surface area contributed by atoms with Gasteiger partial charge in [-0.1, -0.05) is 33.8 Å². The summed E-state index contributed by atoms with van der Waals surface area (Å²) in [6, 6.07) is 10.4. The van der Waals surface area contributed by atoms with Crippen LogP contribution in [0.1, 0.15) is 92.2 Å². The molecule has 4 N–H and O–H groups in total. The number of nitrogens with one attached hydrogen (secondary N) is 4. The Morgan fingerprint density at radius 1 is 0.838 bits per heavy atom. The van der Waals surface area contributed by atoms with Crippen molar-refractivity contribution < 1.29 is 42.2 Å². The number of fused-ring (bicyclic) bond motifs is 5. The first-order chi connectivity index (χ1) is 32.5. The number of aromatic amines is 2. The van der Waals surface area contributed by atoms with Crippen LogP contribution in [0.25, 0.3) is 44.7 Å². The third kappa shape index (κ3) is 8.45. The lowest BCUT2D eigenvalue weighted by Gasteiger charge is -2.30. The highest BCUT2D eigenvalue weighted by molar-refractivity contribution is 7.12. The van der Waals surface area contributed by atoms with E-state index in [-0.39, 0.29) is 36.8 Å². The minimum absolute atomic E-state index is 0.0425. The normalized spacial score (nSPS) is 19.8. The molecule has 1 unspecified atom stereocenters. The lowest BCUT2D eigenvalue weighted by atomic mass is 10.0. The molecule has 4 amide bonds. The van der Waals surface area contributed by atoms with E-state index in [1.807, 2.05) is 55.7 Å². The Labute approximate surface area is 395 Å². The zero-order valence-electron chi connectivity index (χ0n) is 39.1. The number of halogens is 2. The number of ether oxygens (including phenoxy) is 3. The van der Waals surface area contributed by atoms with E-state index in [0.29, 0.717) is 58.6 Å². The van der Waals surface area contributed by atoms with Crippen molar-refractivity contribution in [3.05, 3.63) is 87.6 Å². The Hall–Kier alpha value is -6.76. The van der Waals surface area contributed by atoms with E-state index < -0.39 is 54.4 Å². The van der Waals surface area contributed by atoms with Gasteiger partial charge in [0.25, 0.3) is 0 Å². The maximum atomic E-state index is 16.9. The number of carbonyl (C=O) groups excluding carboxylic acids is 4. The lowest BCUT2D eigenvalue weighted by Crippen LogP contribution is -2.51. The summed E-state index contributed by atoms with van der Waals surface area (Å²) in [6.07, 6.45) is 1.41. The third-order valence-electron chi connectivity index (χ3n) is 13.3. The van der Waals surface area contributed by atoms with Gasteiger partial charge in [0.2, 0.25) is 18.0 Å². The molecule has 3 aliphatic rings. The predicted molar refractivity (Wildman–Crippen MR) is 251 cm³/mol. The number of aromatic nitrogens is 5. The van der Waals surface area contributed by atoms with Crippen molar-refractivity contribution >= 4 is 46.2 Å². The summed E-state index contributed by atoms with van der Waals surface area (Å²) in [4.78, 5) is 73.0. The highest BCUT2D eigenvalue weighted by Gasteiger charge is 2.42. The van der Waals surface area contributed by atoms with Gasteiger partial charge in [-0.2, -0.15) is 0 Å². The molecule has 0 bridgehead atoms. The lowest BCUT2D eigenvalue weighted by molar-refractivity contribution is -0.136. The molecule has 0 spiro atoms. The summed E-state index contributed by atoms with van der Waals surface area (Å²) in [5, 5.41) is 6.09. The molecule has 3 aliphatic heterocycles. The van der Waals surface area contributed by atoms with E-state index >= 15 is 8.78 Å². The number of aryl methyl sites for hydroxylation is 2. The first kappa shape index (κ1) is 46.4. The number of benzene rings is 2. The summed E-state index contributed by atoms with van der Waals surface area (Å²) in [5.74, 6) is -0.289. The number of hydrogen-bond donors (Lipinski definition) is 4. The van der Waals surface area contributed by atoms with Crippen LogP contribution in [0, 0.1) is 31.5 Å². The molecule has 0 saturated carbocycles. The van der Waals surface area contributed by atoms with Gasteiger partial charge in [-0.15, -0.1) is 11.3 Å². The van der Waals surface area contributed by atoms with Gasteiger partial charge >= 0.3 is 12.2 Å². The number of likely N-dealkylation sites (tertiary alicyclic amines) is 2. The molecule has 19 heteroatoms. The van der Waals surface area contributed by atoms with Crippen LogP contribution in [0.2, 0.25) is 0 Å². The van der Waals surface area contributed by atoms with Gasteiger partial charge in [0, 0.05) is 34.4 Å². The molecular formula is C49H55F2N9O7S. The molecule has 68 heavy (non-hydrogen) atoms. The molecule has 2 fully saturated rings. The number of H-pyrrole nitrogens is 2. The summed E-state index contributed by atoms with van der Waals surface area (Å²) >= 11 is 1.61. The zero-order chi connectivity index (χ0) is 48.3. The quantitative estimate of drug-likeness (QED) is 0.0984. The second kappa shape index (κ2) is 18.4. The van der Waals surface area contributed by atoms with Gasteiger partial charge in [0.1, 0.15) is 41.5 Å². The van der Waals surface area contributed by atoms with Gasteiger partial charge in [-0.3, -0.25) is 14.2 Å². The summed E-state index contributed by atoms with van der Waals surface area (Å²) < 4.78 is 50.3. The highest BCUT2D eigenvalue weighted by atomic mass is 32.1. The number of amides is 4.